The number of nitrogens with one attached hydrogen (secondary N) is 1. The van der Waals surface area contributed by atoms with Gasteiger partial charge in [-0.05, 0) is 67.5 Å². The second-order valence-corrected chi connectivity index (χ2v) is 13.3. The molecule has 3 fully saturated rings. The number of rotatable bonds is 11. The van der Waals surface area contributed by atoms with Gasteiger partial charge in [0.2, 0.25) is 12.2 Å². The molecule has 1 aliphatic carbocycles. The number of fused-ring (bicyclic) bond motifs is 1. The average Bonchev–Trinajstić information content (AvgIpc) is 3.66. The molecule has 2 aromatic carbocycles. The molecule has 2 aliphatic heterocycles. The lowest BCUT2D eigenvalue weighted by Crippen LogP contribution is -2.67. The SMILES string of the molecule is C/C(=C/COc1ccc(F)cc1Cl)[C@H]1O[C@@H](Oc2ccc(/C=C(\C)C(=O)N[C@@H]3[C@H](O)[C@@H](O)[C@H]4OCO[C@H]4[C@@H]3O)cc2OP(=O)(O)O)C[C@@H]1O. The lowest BCUT2D eigenvalue weighted by atomic mass is 9.83. The Morgan fingerprint density at radius 3 is 2.41 bits per heavy atom. The zero-order chi connectivity index (χ0) is 35.6. The van der Waals surface area contributed by atoms with Crippen LogP contribution in [-0.4, -0.2) is 105 Å². The molecular formula is C31H36ClFNO14P. The molecule has 0 unspecified atom stereocenters. The predicted molar refractivity (Wildman–Crippen MR) is 168 cm³/mol. The molecule has 1 saturated carbocycles. The minimum Gasteiger partial charge on any atom is -0.488 e. The normalized spacial score (nSPS) is 30.5. The Balaban J connectivity index is 1.25. The van der Waals surface area contributed by atoms with E-state index in [-0.39, 0.29) is 53.2 Å². The molecule has 3 aliphatic rings. The molecule has 2 saturated heterocycles. The van der Waals surface area contributed by atoms with Crippen LogP contribution in [0.2, 0.25) is 5.02 Å². The number of phosphoric ester groups is 1. The molecule has 0 radical (unpaired) electrons. The van der Waals surface area contributed by atoms with Crippen LogP contribution in [0, 0.1) is 5.82 Å². The number of ether oxygens (including phenoxy) is 5. The summed E-state index contributed by atoms with van der Waals surface area (Å²) in [5.41, 5.74) is 0.906. The van der Waals surface area contributed by atoms with Crippen molar-refractivity contribution in [2.75, 3.05) is 13.4 Å². The molecule has 49 heavy (non-hydrogen) atoms. The van der Waals surface area contributed by atoms with Gasteiger partial charge >= 0.3 is 7.82 Å². The van der Waals surface area contributed by atoms with E-state index in [9.17, 15) is 44.0 Å². The Hall–Kier alpha value is -3.12. The highest BCUT2D eigenvalue weighted by molar-refractivity contribution is 7.46. The molecule has 1 amide bonds. The highest BCUT2D eigenvalue weighted by Crippen LogP contribution is 2.44. The number of hydrogen-bond donors (Lipinski definition) is 7. The van der Waals surface area contributed by atoms with Crippen LogP contribution in [0.4, 0.5) is 4.39 Å². The van der Waals surface area contributed by atoms with Crippen molar-refractivity contribution >= 4 is 31.4 Å². The summed E-state index contributed by atoms with van der Waals surface area (Å²) in [5.74, 6) is -1.49. The standard InChI is InChI=1S/C31H36ClFNO14P/c1-14(7-8-43-20-6-4-17(33)11-18(20)32)28-19(35)12-23(47-28)46-21-5-3-16(10-22(21)48-49(40,41)42)9-15(2)31(39)34-24-25(36)27(38)30-29(26(24)37)44-13-45-30/h3-7,9-11,19,23-30,35-38H,8,12-13H2,1-2H3,(H,34,39)(H2,40,41,42)/b14-7-,15-9+/t19-,23+,24+,25-,26+,27+,28+,29-,30+/m0/s1. The summed E-state index contributed by atoms with van der Waals surface area (Å²) in [6.07, 6.45) is -6.18. The molecule has 2 heterocycles. The fourth-order valence-corrected chi connectivity index (χ4v) is 6.30. The summed E-state index contributed by atoms with van der Waals surface area (Å²) in [6.45, 7) is 2.96. The number of hydrogen-bond acceptors (Lipinski definition) is 12. The third kappa shape index (κ3) is 8.98. The maximum Gasteiger partial charge on any atom is 0.524 e. The second kappa shape index (κ2) is 15.4. The number of aliphatic hydroxyl groups is 4. The third-order valence-corrected chi connectivity index (χ3v) is 8.88. The lowest BCUT2D eigenvalue weighted by molar-refractivity contribution is -0.155. The molecule has 2 aromatic rings. The third-order valence-electron chi connectivity index (χ3n) is 8.15. The molecule has 18 heteroatoms. The van der Waals surface area contributed by atoms with Gasteiger partial charge in [-0.25, -0.2) is 8.96 Å². The van der Waals surface area contributed by atoms with E-state index in [0.29, 0.717) is 5.57 Å². The van der Waals surface area contributed by atoms with Gasteiger partial charge < -0.3 is 54.0 Å². The number of amides is 1. The molecule has 0 aromatic heterocycles. The first kappa shape index (κ1) is 37.1. The molecule has 7 N–H and O–H groups in total. The largest absolute Gasteiger partial charge is 0.524 e. The van der Waals surface area contributed by atoms with E-state index < -0.39 is 74.6 Å². The molecule has 268 valence electrons. The first-order valence-corrected chi connectivity index (χ1v) is 16.9. The molecule has 5 rings (SSSR count). The maximum atomic E-state index is 13.3. The number of carbonyl (C=O) groups excluding carboxylic acids is 1. The van der Waals surface area contributed by atoms with Gasteiger partial charge in [0.15, 0.2) is 11.5 Å². The van der Waals surface area contributed by atoms with Gasteiger partial charge in [0.05, 0.1) is 17.2 Å². The van der Waals surface area contributed by atoms with Crippen LogP contribution in [0.25, 0.3) is 6.08 Å². The lowest BCUT2D eigenvalue weighted by Gasteiger charge is -2.41. The van der Waals surface area contributed by atoms with E-state index in [0.717, 1.165) is 6.07 Å². The van der Waals surface area contributed by atoms with E-state index in [2.05, 4.69) is 5.32 Å². The van der Waals surface area contributed by atoms with Crippen LogP contribution in [-0.2, 0) is 23.6 Å². The Morgan fingerprint density at radius 2 is 1.71 bits per heavy atom. The number of phosphoric acid groups is 1. The Morgan fingerprint density at radius 1 is 1.02 bits per heavy atom. The van der Waals surface area contributed by atoms with Crippen molar-refractivity contribution in [3.8, 4) is 17.2 Å². The van der Waals surface area contributed by atoms with Crippen molar-refractivity contribution in [1.82, 2.24) is 5.32 Å². The van der Waals surface area contributed by atoms with Gasteiger partial charge in [-0.1, -0.05) is 17.7 Å². The highest BCUT2D eigenvalue weighted by atomic mass is 35.5. The van der Waals surface area contributed by atoms with Crippen LogP contribution < -0.4 is 19.3 Å². The summed E-state index contributed by atoms with van der Waals surface area (Å²) < 4.78 is 57.6. The second-order valence-electron chi connectivity index (χ2n) is 11.7. The molecule has 15 nitrogen and oxygen atoms in total. The molecule has 0 spiro atoms. The zero-order valence-corrected chi connectivity index (χ0v) is 27.7. The first-order chi connectivity index (χ1) is 23.1. The van der Waals surface area contributed by atoms with E-state index >= 15 is 0 Å². The topological polar surface area (TPSA) is 223 Å². The predicted octanol–water partition coefficient (Wildman–Crippen LogP) is 1.56. The summed E-state index contributed by atoms with van der Waals surface area (Å²) in [4.78, 5) is 32.1. The monoisotopic (exact) mass is 731 g/mol. The number of carbonyl (C=O) groups is 1. The van der Waals surface area contributed by atoms with Crippen LogP contribution in [0.15, 0.2) is 53.6 Å². The van der Waals surface area contributed by atoms with Gasteiger partial charge in [-0.2, -0.15) is 0 Å². The number of aliphatic hydroxyl groups excluding tert-OH is 4. The van der Waals surface area contributed by atoms with Gasteiger partial charge in [0.1, 0.15) is 61.6 Å². The Kier molecular flexibility index (Phi) is 11.7. The minimum atomic E-state index is -5.09. The van der Waals surface area contributed by atoms with Crippen molar-refractivity contribution in [2.24, 2.45) is 0 Å². The van der Waals surface area contributed by atoms with Crippen molar-refractivity contribution in [3.05, 3.63) is 70.0 Å². The smallest absolute Gasteiger partial charge is 0.488 e. The van der Waals surface area contributed by atoms with E-state index in [4.69, 9.17) is 39.8 Å². The van der Waals surface area contributed by atoms with Crippen LogP contribution in [0.3, 0.4) is 0 Å². The van der Waals surface area contributed by atoms with Crippen LogP contribution >= 0.6 is 19.4 Å². The minimum absolute atomic E-state index is 0.0108. The van der Waals surface area contributed by atoms with Gasteiger partial charge in [-0.15, -0.1) is 0 Å². The fourth-order valence-electron chi connectivity index (χ4n) is 5.68. The Labute approximate surface area is 284 Å². The number of halogens is 2. The molecular weight excluding hydrogens is 696 g/mol. The highest BCUT2D eigenvalue weighted by Gasteiger charge is 2.53. The summed E-state index contributed by atoms with van der Waals surface area (Å²) in [7, 11) is -5.09. The summed E-state index contributed by atoms with van der Waals surface area (Å²) in [6, 6.07) is 6.42. The van der Waals surface area contributed by atoms with Crippen molar-refractivity contribution in [2.45, 2.75) is 75.3 Å². The van der Waals surface area contributed by atoms with E-state index in [1.807, 2.05) is 0 Å². The van der Waals surface area contributed by atoms with Crippen molar-refractivity contribution in [1.29, 1.82) is 0 Å². The first-order valence-electron chi connectivity index (χ1n) is 15.0. The quantitative estimate of drug-likeness (QED) is 0.0991. The zero-order valence-electron chi connectivity index (χ0n) is 26.1. The van der Waals surface area contributed by atoms with Gasteiger partial charge in [-0.3, -0.25) is 14.6 Å². The van der Waals surface area contributed by atoms with Crippen LogP contribution in [0.1, 0.15) is 25.8 Å². The maximum absolute atomic E-state index is 13.3. The average molecular weight is 732 g/mol. The van der Waals surface area contributed by atoms with E-state index in [1.54, 1.807) is 13.0 Å². The van der Waals surface area contributed by atoms with Gasteiger partial charge in [0, 0.05) is 12.0 Å². The van der Waals surface area contributed by atoms with Crippen molar-refractivity contribution < 1.29 is 72.2 Å². The Bertz CT molecular complexity index is 1640. The summed E-state index contributed by atoms with van der Waals surface area (Å²) in [5, 5.41) is 44.7. The van der Waals surface area contributed by atoms with Gasteiger partial charge in [0.25, 0.3) is 0 Å². The fraction of sp³-hybridized carbons (Fsp3) is 0.452. The number of benzene rings is 2. The molecule has 9 atom stereocenters. The molecule has 0 bridgehead atoms. The van der Waals surface area contributed by atoms with Crippen molar-refractivity contribution in [3.63, 3.8) is 0 Å². The van der Waals surface area contributed by atoms with Crippen LogP contribution in [0.5, 0.6) is 17.2 Å². The summed E-state index contributed by atoms with van der Waals surface area (Å²) >= 11 is 5.98. The van der Waals surface area contributed by atoms with E-state index in [1.165, 1.54) is 43.3 Å².